The summed E-state index contributed by atoms with van der Waals surface area (Å²) < 4.78 is 15.0. The first-order valence-corrected chi connectivity index (χ1v) is 19.0. The van der Waals surface area contributed by atoms with Crippen LogP contribution in [0.1, 0.15) is 0 Å². The van der Waals surface area contributed by atoms with E-state index in [0.29, 0.717) is 17.5 Å². The molecule has 0 aliphatic heterocycles. The van der Waals surface area contributed by atoms with Gasteiger partial charge in [-0.3, -0.25) is 0 Å². The third kappa shape index (κ3) is 4.94. The van der Waals surface area contributed by atoms with E-state index in [0.717, 1.165) is 88.4 Å². The molecule has 57 heavy (non-hydrogen) atoms. The third-order valence-corrected chi connectivity index (χ3v) is 11.0. The van der Waals surface area contributed by atoms with Crippen molar-refractivity contribution in [2.24, 2.45) is 0 Å². The van der Waals surface area contributed by atoms with Gasteiger partial charge in [-0.1, -0.05) is 127 Å². The molecule has 0 spiro atoms. The number of nitrogens with zero attached hydrogens (tertiary/aromatic N) is 4. The normalized spacial score (nSPS) is 11.9. The number of aromatic nitrogens is 4. The van der Waals surface area contributed by atoms with E-state index in [1.807, 2.05) is 72.8 Å². The maximum atomic E-state index is 6.37. The second-order valence-electron chi connectivity index (χ2n) is 14.4. The number of fused-ring (bicyclic) bond motifs is 10. The van der Waals surface area contributed by atoms with Crippen LogP contribution < -0.4 is 0 Å². The molecule has 0 fully saturated rings. The molecular weight excluding hydrogens is 701 g/mol. The standard InChI is InChI=1S/C51H30N4O2/c1-2-13-31(14-3-1)49-52-50(54-51(53-49)40-22-12-26-44-46(40)38-20-5-8-24-42(38)56-44)34-17-10-15-32(29-34)33-16-11-18-35(30-33)55-41-23-7-4-19-36(41)37-27-28-45-47(48(37)55)39-21-6-9-25-43(39)57-45/h1-30H. The fourth-order valence-electron chi connectivity index (χ4n) is 8.50. The number of benzene rings is 8. The lowest BCUT2D eigenvalue weighted by Gasteiger charge is -2.12. The molecule has 0 unspecified atom stereocenters. The highest BCUT2D eigenvalue weighted by Gasteiger charge is 2.20. The van der Waals surface area contributed by atoms with Crippen molar-refractivity contribution in [3.8, 4) is 51.0 Å². The molecule has 266 valence electrons. The lowest BCUT2D eigenvalue weighted by molar-refractivity contribution is 0.668. The summed E-state index contributed by atoms with van der Waals surface area (Å²) in [4.78, 5) is 15.3. The molecule has 0 N–H and O–H groups in total. The Morgan fingerprint density at radius 3 is 1.72 bits per heavy atom. The Labute approximate surface area is 325 Å². The molecular formula is C51H30N4O2. The van der Waals surface area contributed by atoms with Crippen molar-refractivity contribution in [2.45, 2.75) is 0 Å². The minimum Gasteiger partial charge on any atom is -0.456 e. The molecule has 0 saturated heterocycles. The lowest BCUT2D eigenvalue weighted by atomic mass is 10.0. The first-order valence-electron chi connectivity index (χ1n) is 19.0. The van der Waals surface area contributed by atoms with Crippen LogP contribution in [0.3, 0.4) is 0 Å². The van der Waals surface area contributed by atoms with E-state index >= 15 is 0 Å². The molecule has 0 radical (unpaired) electrons. The summed E-state index contributed by atoms with van der Waals surface area (Å²) in [5, 5.41) is 6.63. The molecule has 8 aromatic carbocycles. The summed E-state index contributed by atoms with van der Waals surface area (Å²) in [7, 11) is 0. The lowest BCUT2D eigenvalue weighted by Crippen LogP contribution is -2.00. The van der Waals surface area contributed by atoms with Gasteiger partial charge in [-0.15, -0.1) is 0 Å². The van der Waals surface area contributed by atoms with Crippen molar-refractivity contribution < 1.29 is 8.83 Å². The molecule has 0 aliphatic carbocycles. The zero-order chi connectivity index (χ0) is 37.5. The zero-order valence-electron chi connectivity index (χ0n) is 30.4. The van der Waals surface area contributed by atoms with E-state index < -0.39 is 0 Å². The van der Waals surface area contributed by atoms with Gasteiger partial charge in [-0.25, -0.2) is 15.0 Å². The van der Waals surface area contributed by atoms with Gasteiger partial charge in [0.1, 0.15) is 22.3 Å². The zero-order valence-corrected chi connectivity index (χ0v) is 30.4. The van der Waals surface area contributed by atoms with Crippen LogP contribution in [-0.4, -0.2) is 19.5 Å². The highest BCUT2D eigenvalue weighted by Crippen LogP contribution is 2.42. The molecule has 12 rings (SSSR count). The smallest absolute Gasteiger partial charge is 0.164 e. The van der Waals surface area contributed by atoms with Crippen molar-refractivity contribution in [1.29, 1.82) is 0 Å². The van der Waals surface area contributed by atoms with Crippen molar-refractivity contribution >= 4 is 65.7 Å². The topological polar surface area (TPSA) is 69.9 Å². The molecule has 12 aromatic rings. The minimum atomic E-state index is 0.591. The first kappa shape index (κ1) is 31.5. The number of hydrogen-bond acceptors (Lipinski definition) is 5. The number of para-hydroxylation sites is 3. The van der Waals surface area contributed by atoms with Gasteiger partial charge in [0.15, 0.2) is 17.5 Å². The summed E-state index contributed by atoms with van der Waals surface area (Å²) in [6.45, 7) is 0. The summed E-state index contributed by atoms with van der Waals surface area (Å²) in [6, 6.07) is 62.7. The van der Waals surface area contributed by atoms with Gasteiger partial charge < -0.3 is 13.4 Å². The van der Waals surface area contributed by atoms with E-state index in [1.165, 1.54) is 10.8 Å². The molecule has 0 amide bonds. The Morgan fingerprint density at radius 1 is 0.351 bits per heavy atom. The van der Waals surface area contributed by atoms with Crippen LogP contribution >= 0.6 is 0 Å². The predicted molar refractivity (Wildman–Crippen MR) is 230 cm³/mol. The van der Waals surface area contributed by atoms with Gasteiger partial charge >= 0.3 is 0 Å². The fraction of sp³-hybridized carbons (Fsp3) is 0. The largest absolute Gasteiger partial charge is 0.456 e. The highest BCUT2D eigenvalue weighted by atomic mass is 16.3. The summed E-state index contributed by atoms with van der Waals surface area (Å²) in [5.74, 6) is 1.79. The average Bonchev–Trinajstić information content (AvgIpc) is 3.96. The van der Waals surface area contributed by atoms with Crippen molar-refractivity contribution in [1.82, 2.24) is 19.5 Å². The van der Waals surface area contributed by atoms with Gasteiger partial charge in [-0.2, -0.15) is 0 Å². The van der Waals surface area contributed by atoms with Crippen molar-refractivity contribution in [3.63, 3.8) is 0 Å². The molecule has 4 aromatic heterocycles. The van der Waals surface area contributed by atoms with Crippen molar-refractivity contribution in [3.05, 3.63) is 182 Å². The summed E-state index contributed by atoms with van der Waals surface area (Å²) in [6.07, 6.45) is 0. The summed E-state index contributed by atoms with van der Waals surface area (Å²) in [5.41, 5.74) is 11.6. The maximum absolute atomic E-state index is 6.37. The third-order valence-electron chi connectivity index (χ3n) is 11.0. The molecule has 0 atom stereocenters. The van der Waals surface area contributed by atoms with E-state index in [9.17, 15) is 0 Å². The quantitative estimate of drug-likeness (QED) is 0.176. The van der Waals surface area contributed by atoms with Gasteiger partial charge in [0.25, 0.3) is 0 Å². The second-order valence-corrected chi connectivity index (χ2v) is 14.4. The van der Waals surface area contributed by atoms with Crippen LogP contribution in [0, 0.1) is 0 Å². The van der Waals surface area contributed by atoms with Gasteiger partial charge in [0, 0.05) is 49.3 Å². The Morgan fingerprint density at radius 2 is 0.912 bits per heavy atom. The van der Waals surface area contributed by atoms with E-state index in [4.69, 9.17) is 23.8 Å². The molecule has 0 aliphatic rings. The van der Waals surface area contributed by atoms with Crippen LogP contribution in [0.2, 0.25) is 0 Å². The minimum absolute atomic E-state index is 0.591. The number of rotatable bonds is 5. The summed E-state index contributed by atoms with van der Waals surface area (Å²) >= 11 is 0. The van der Waals surface area contributed by atoms with Crippen LogP contribution in [0.25, 0.3) is 117 Å². The number of hydrogen-bond donors (Lipinski definition) is 0. The average molecular weight is 731 g/mol. The van der Waals surface area contributed by atoms with Crippen LogP contribution in [0.5, 0.6) is 0 Å². The molecule has 0 saturated carbocycles. The Bertz CT molecular complexity index is 3540. The van der Waals surface area contributed by atoms with Gasteiger partial charge in [0.05, 0.1) is 16.4 Å². The SMILES string of the molecule is c1ccc(-c2nc(-c3cccc(-c4cccc(-n5c6ccccc6c6ccc7oc8ccccc8c7c65)c4)c3)nc(-c3cccc4oc5ccccc5c34)n2)cc1. The number of furan rings is 2. The van der Waals surface area contributed by atoms with E-state index in [2.05, 4.69) is 114 Å². The Hall–Kier alpha value is -7.83. The second kappa shape index (κ2) is 12.3. The van der Waals surface area contributed by atoms with Crippen LogP contribution in [0.4, 0.5) is 0 Å². The Balaban J connectivity index is 1.03. The monoisotopic (exact) mass is 730 g/mol. The highest BCUT2D eigenvalue weighted by molar-refractivity contribution is 6.24. The van der Waals surface area contributed by atoms with Crippen LogP contribution in [0.15, 0.2) is 191 Å². The predicted octanol–water partition coefficient (Wildman–Crippen LogP) is 13.4. The van der Waals surface area contributed by atoms with Gasteiger partial charge in [0.2, 0.25) is 0 Å². The Kier molecular flexibility index (Phi) is 6.83. The van der Waals surface area contributed by atoms with Gasteiger partial charge in [-0.05, 0) is 65.7 Å². The molecule has 6 heteroatoms. The first-order chi connectivity index (χ1) is 28.2. The molecule has 6 nitrogen and oxygen atoms in total. The van der Waals surface area contributed by atoms with Crippen LogP contribution in [-0.2, 0) is 0 Å². The molecule has 0 bridgehead atoms. The van der Waals surface area contributed by atoms with E-state index in [-0.39, 0.29) is 0 Å². The maximum Gasteiger partial charge on any atom is 0.164 e. The fourth-order valence-corrected chi connectivity index (χ4v) is 8.50. The van der Waals surface area contributed by atoms with E-state index in [1.54, 1.807) is 0 Å². The molecule has 4 heterocycles. The van der Waals surface area contributed by atoms with Crippen molar-refractivity contribution in [2.75, 3.05) is 0 Å².